The minimum atomic E-state index is -0.767. The summed E-state index contributed by atoms with van der Waals surface area (Å²) in [7, 11) is 0. The summed E-state index contributed by atoms with van der Waals surface area (Å²) in [6.45, 7) is 12.0. The molecule has 144 valence electrons. The van der Waals surface area contributed by atoms with Crippen LogP contribution in [0.4, 0.5) is 17.7 Å². The van der Waals surface area contributed by atoms with Crippen LogP contribution in [0.5, 0.6) is 0 Å². The third-order valence-electron chi connectivity index (χ3n) is 3.80. The van der Waals surface area contributed by atoms with Crippen LogP contribution in [0.25, 0.3) is 11.0 Å². The van der Waals surface area contributed by atoms with Crippen molar-refractivity contribution in [3.05, 3.63) is 5.69 Å². The SMILES string of the molecule is CCCNc1nc(NCC)nc2c(CCC(C)(C)O)nc(NCC)nc12. The van der Waals surface area contributed by atoms with Crippen LogP contribution in [0.1, 0.15) is 53.2 Å². The molecule has 8 nitrogen and oxygen atoms in total. The van der Waals surface area contributed by atoms with Gasteiger partial charge in [-0.1, -0.05) is 6.92 Å². The summed E-state index contributed by atoms with van der Waals surface area (Å²) in [5.74, 6) is 1.83. The van der Waals surface area contributed by atoms with Gasteiger partial charge in [-0.15, -0.1) is 0 Å². The highest BCUT2D eigenvalue weighted by molar-refractivity contribution is 5.88. The Morgan fingerprint density at radius 2 is 1.46 bits per heavy atom. The van der Waals surface area contributed by atoms with Crippen LogP contribution in [0, 0.1) is 0 Å². The molecule has 0 amide bonds. The van der Waals surface area contributed by atoms with Crippen LogP contribution in [-0.4, -0.2) is 50.3 Å². The third-order valence-corrected chi connectivity index (χ3v) is 3.80. The molecule has 0 atom stereocenters. The number of aromatic nitrogens is 4. The molecule has 26 heavy (non-hydrogen) atoms. The number of nitrogens with zero attached hydrogens (tertiary/aromatic N) is 4. The van der Waals surface area contributed by atoms with Gasteiger partial charge in [-0.2, -0.15) is 4.98 Å². The lowest BCUT2D eigenvalue weighted by Crippen LogP contribution is -2.20. The predicted octanol–water partition coefficient (Wildman–Crippen LogP) is 2.81. The van der Waals surface area contributed by atoms with Crippen molar-refractivity contribution in [3.63, 3.8) is 0 Å². The van der Waals surface area contributed by atoms with Gasteiger partial charge in [-0.05, 0) is 47.0 Å². The highest BCUT2D eigenvalue weighted by Crippen LogP contribution is 2.26. The Kier molecular flexibility index (Phi) is 6.90. The van der Waals surface area contributed by atoms with Crippen LogP contribution in [-0.2, 0) is 6.42 Å². The molecule has 0 saturated carbocycles. The zero-order valence-corrected chi connectivity index (χ0v) is 16.5. The molecule has 0 aliphatic carbocycles. The maximum absolute atomic E-state index is 10.1. The van der Waals surface area contributed by atoms with Gasteiger partial charge in [-0.3, -0.25) is 0 Å². The molecule has 0 aliphatic heterocycles. The van der Waals surface area contributed by atoms with E-state index < -0.39 is 5.60 Å². The second kappa shape index (κ2) is 8.93. The number of aliphatic hydroxyl groups is 1. The number of rotatable bonds is 10. The van der Waals surface area contributed by atoms with Crippen molar-refractivity contribution in [3.8, 4) is 0 Å². The zero-order valence-electron chi connectivity index (χ0n) is 16.5. The van der Waals surface area contributed by atoms with Gasteiger partial charge in [0.2, 0.25) is 11.9 Å². The van der Waals surface area contributed by atoms with Crippen molar-refractivity contribution < 1.29 is 5.11 Å². The minimum absolute atomic E-state index is 0.558. The molecule has 0 spiro atoms. The van der Waals surface area contributed by atoms with Gasteiger partial charge in [0.15, 0.2) is 5.82 Å². The fourth-order valence-corrected chi connectivity index (χ4v) is 2.51. The molecular formula is C18H31N7O. The Balaban J connectivity index is 2.58. The van der Waals surface area contributed by atoms with E-state index in [1.807, 2.05) is 13.8 Å². The lowest BCUT2D eigenvalue weighted by atomic mass is 10.0. The quantitative estimate of drug-likeness (QED) is 0.512. The van der Waals surface area contributed by atoms with E-state index in [0.717, 1.165) is 37.3 Å². The molecule has 0 fully saturated rings. The minimum Gasteiger partial charge on any atom is -0.390 e. The summed E-state index contributed by atoms with van der Waals surface area (Å²) in [6, 6.07) is 0. The van der Waals surface area contributed by atoms with Crippen molar-refractivity contribution in [2.75, 3.05) is 35.6 Å². The Morgan fingerprint density at radius 1 is 0.846 bits per heavy atom. The van der Waals surface area contributed by atoms with E-state index >= 15 is 0 Å². The fraction of sp³-hybridized carbons (Fsp3) is 0.667. The Labute approximate surface area is 155 Å². The standard InChI is InChI=1S/C18H31N7O/c1-6-11-21-15-14-13(23-17(25-15)20-8-3)12(9-10-18(4,5)26)22-16(24-14)19-7-2/h26H,6-11H2,1-5H3,(H,19,22,24)(H2,20,21,23,25). The summed E-state index contributed by atoms with van der Waals surface area (Å²) in [5, 5.41) is 19.8. The van der Waals surface area contributed by atoms with E-state index in [2.05, 4.69) is 42.8 Å². The summed E-state index contributed by atoms with van der Waals surface area (Å²) in [6.07, 6.45) is 2.18. The molecule has 2 rings (SSSR count). The van der Waals surface area contributed by atoms with Gasteiger partial charge in [0.1, 0.15) is 11.0 Å². The van der Waals surface area contributed by atoms with Crippen molar-refractivity contribution in [1.29, 1.82) is 0 Å². The summed E-state index contributed by atoms with van der Waals surface area (Å²) >= 11 is 0. The van der Waals surface area contributed by atoms with Gasteiger partial charge in [0.05, 0.1) is 11.3 Å². The number of hydrogen-bond donors (Lipinski definition) is 4. The van der Waals surface area contributed by atoms with Crippen molar-refractivity contribution in [2.45, 2.75) is 59.5 Å². The van der Waals surface area contributed by atoms with Gasteiger partial charge < -0.3 is 21.1 Å². The monoisotopic (exact) mass is 361 g/mol. The first kappa shape index (κ1) is 20.1. The van der Waals surface area contributed by atoms with E-state index in [1.54, 1.807) is 13.8 Å². The van der Waals surface area contributed by atoms with E-state index in [-0.39, 0.29) is 0 Å². The molecule has 8 heteroatoms. The average molecular weight is 361 g/mol. The van der Waals surface area contributed by atoms with Gasteiger partial charge in [-0.25, -0.2) is 15.0 Å². The summed E-state index contributed by atoms with van der Waals surface area (Å²) < 4.78 is 0. The molecule has 0 aromatic carbocycles. The van der Waals surface area contributed by atoms with Gasteiger partial charge in [0.25, 0.3) is 0 Å². The third kappa shape index (κ3) is 5.39. The molecule has 0 radical (unpaired) electrons. The van der Waals surface area contributed by atoms with E-state index in [0.29, 0.717) is 36.1 Å². The summed E-state index contributed by atoms with van der Waals surface area (Å²) in [4.78, 5) is 18.5. The van der Waals surface area contributed by atoms with E-state index in [9.17, 15) is 5.11 Å². The second-order valence-electron chi connectivity index (χ2n) is 6.89. The van der Waals surface area contributed by atoms with Crippen LogP contribution in [0.15, 0.2) is 0 Å². The zero-order chi connectivity index (χ0) is 19.2. The smallest absolute Gasteiger partial charge is 0.225 e. The first-order valence-corrected chi connectivity index (χ1v) is 9.40. The Bertz CT molecular complexity index is 728. The number of hydrogen-bond acceptors (Lipinski definition) is 8. The first-order valence-electron chi connectivity index (χ1n) is 9.40. The highest BCUT2D eigenvalue weighted by atomic mass is 16.3. The van der Waals surface area contributed by atoms with Crippen molar-refractivity contribution in [1.82, 2.24) is 19.9 Å². The molecular weight excluding hydrogens is 330 g/mol. The lowest BCUT2D eigenvalue weighted by molar-refractivity contribution is 0.0712. The molecule has 2 heterocycles. The van der Waals surface area contributed by atoms with Crippen LogP contribution < -0.4 is 16.0 Å². The van der Waals surface area contributed by atoms with Gasteiger partial charge >= 0.3 is 0 Å². The maximum atomic E-state index is 10.1. The Hall–Kier alpha value is -2.22. The van der Waals surface area contributed by atoms with Crippen molar-refractivity contribution >= 4 is 28.7 Å². The van der Waals surface area contributed by atoms with E-state index in [1.165, 1.54) is 0 Å². The topological polar surface area (TPSA) is 108 Å². The molecule has 4 N–H and O–H groups in total. The van der Waals surface area contributed by atoms with Crippen LogP contribution in [0.2, 0.25) is 0 Å². The highest BCUT2D eigenvalue weighted by Gasteiger charge is 2.19. The number of nitrogens with one attached hydrogen (secondary N) is 3. The van der Waals surface area contributed by atoms with E-state index in [4.69, 9.17) is 0 Å². The number of anilines is 3. The fourth-order valence-electron chi connectivity index (χ4n) is 2.51. The maximum Gasteiger partial charge on any atom is 0.225 e. The largest absolute Gasteiger partial charge is 0.390 e. The molecule has 0 aliphatic rings. The molecule has 2 aromatic heterocycles. The van der Waals surface area contributed by atoms with Crippen molar-refractivity contribution in [2.24, 2.45) is 0 Å². The predicted molar refractivity (Wildman–Crippen MR) is 107 cm³/mol. The van der Waals surface area contributed by atoms with Gasteiger partial charge in [0, 0.05) is 19.6 Å². The molecule has 0 unspecified atom stereocenters. The number of fused-ring (bicyclic) bond motifs is 1. The molecule has 0 bridgehead atoms. The molecule has 2 aromatic rings. The Morgan fingerprint density at radius 3 is 2.04 bits per heavy atom. The first-order chi connectivity index (χ1) is 12.4. The number of aryl methyl sites for hydroxylation is 1. The normalized spacial score (nSPS) is 11.6. The van der Waals surface area contributed by atoms with Crippen LogP contribution >= 0.6 is 0 Å². The lowest BCUT2D eigenvalue weighted by Gasteiger charge is -2.18. The average Bonchev–Trinajstić information content (AvgIpc) is 2.58. The summed E-state index contributed by atoms with van der Waals surface area (Å²) in [5.41, 5.74) is 1.47. The van der Waals surface area contributed by atoms with Crippen LogP contribution in [0.3, 0.4) is 0 Å². The molecule has 0 saturated heterocycles. The second-order valence-corrected chi connectivity index (χ2v) is 6.89.